The highest BCUT2D eigenvalue weighted by Gasteiger charge is 2.34. The number of rotatable bonds is 5. The Morgan fingerprint density at radius 1 is 1.32 bits per heavy atom. The Kier molecular flexibility index (Phi) is 3.27. The Hall–Kier alpha value is -1.07. The number of benzene rings is 1. The molecule has 1 aliphatic carbocycles. The van der Waals surface area contributed by atoms with E-state index in [-0.39, 0.29) is 11.8 Å². The second-order valence-electron chi connectivity index (χ2n) is 5.52. The maximum atomic E-state index is 12.5. The zero-order valence-corrected chi connectivity index (χ0v) is 12.0. The number of para-hydroxylation sites is 1. The Balaban J connectivity index is 1.76. The van der Waals surface area contributed by atoms with Crippen LogP contribution in [0.3, 0.4) is 0 Å². The summed E-state index contributed by atoms with van der Waals surface area (Å²) in [5.74, 6) is 0.183. The molecule has 1 unspecified atom stereocenters. The van der Waals surface area contributed by atoms with E-state index < -0.39 is 10.0 Å². The molecule has 1 aliphatic heterocycles. The van der Waals surface area contributed by atoms with E-state index in [1.807, 2.05) is 31.2 Å². The Bertz CT molecular complexity index is 567. The Labute approximate surface area is 114 Å². The van der Waals surface area contributed by atoms with E-state index in [1.165, 1.54) is 12.8 Å². The van der Waals surface area contributed by atoms with Crippen LogP contribution in [0.4, 0.5) is 5.69 Å². The second-order valence-corrected chi connectivity index (χ2v) is 7.49. The fourth-order valence-corrected chi connectivity index (χ4v) is 4.41. The van der Waals surface area contributed by atoms with Crippen molar-refractivity contribution in [3.8, 4) is 0 Å². The third-order valence-corrected chi connectivity index (χ3v) is 5.69. The number of anilines is 1. The summed E-state index contributed by atoms with van der Waals surface area (Å²) >= 11 is 0. The van der Waals surface area contributed by atoms with E-state index in [1.54, 1.807) is 4.31 Å². The van der Waals surface area contributed by atoms with Gasteiger partial charge in [-0.3, -0.25) is 4.31 Å². The molecule has 4 nitrogen and oxygen atoms in total. The summed E-state index contributed by atoms with van der Waals surface area (Å²) in [5, 5.41) is 3.27. The average molecular weight is 280 g/mol. The molecule has 1 aromatic rings. The van der Waals surface area contributed by atoms with E-state index >= 15 is 0 Å². The summed E-state index contributed by atoms with van der Waals surface area (Å²) in [6.45, 7) is 2.53. The highest BCUT2D eigenvalue weighted by Crippen LogP contribution is 2.34. The molecule has 1 saturated carbocycles. The largest absolute Gasteiger partial charge is 0.313 e. The van der Waals surface area contributed by atoms with Crippen molar-refractivity contribution in [1.29, 1.82) is 0 Å². The van der Waals surface area contributed by atoms with Gasteiger partial charge in [0, 0.05) is 18.6 Å². The summed E-state index contributed by atoms with van der Waals surface area (Å²) < 4.78 is 26.6. The highest BCUT2D eigenvalue weighted by atomic mass is 32.2. The third-order valence-electron chi connectivity index (χ3n) is 3.81. The van der Waals surface area contributed by atoms with Gasteiger partial charge in [-0.15, -0.1) is 0 Å². The van der Waals surface area contributed by atoms with Gasteiger partial charge in [-0.05, 0) is 37.8 Å². The van der Waals surface area contributed by atoms with E-state index in [0.29, 0.717) is 12.6 Å². The van der Waals surface area contributed by atoms with Crippen molar-refractivity contribution in [2.45, 2.75) is 38.3 Å². The summed E-state index contributed by atoms with van der Waals surface area (Å²) in [6.07, 6.45) is 3.18. The van der Waals surface area contributed by atoms with E-state index in [2.05, 4.69) is 5.32 Å². The molecule has 104 valence electrons. The van der Waals surface area contributed by atoms with Crippen molar-refractivity contribution >= 4 is 15.7 Å². The molecule has 0 amide bonds. The molecule has 5 heteroatoms. The first-order valence-corrected chi connectivity index (χ1v) is 8.52. The SMILES string of the molecule is CC1Cc2ccccc2N1S(=O)(=O)CCNC1CC1. The molecule has 1 aromatic carbocycles. The van der Waals surface area contributed by atoms with Crippen LogP contribution in [0.25, 0.3) is 0 Å². The van der Waals surface area contributed by atoms with Crippen molar-refractivity contribution in [2.75, 3.05) is 16.6 Å². The minimum absolute atomic E-state index is 0.0309. The number of fused-ring (bicyclic) bond motifs is 1. The lowest BCUT2D eigenvalue weighted by molar-refractivity contribution is 0.579. The van der Waals surface area contributed by atoms with Crippen molar-refractivity contribution in [2.24, 2.45) is 0 Å². The summed E-state index contributed by atoms with van der Waals surface area (Å²) in [5.41, 5.74) is 2.00. The monoisotopic (exact) mass is 280 g/mol. The summed E-state index contributed by atoms with van der Waals surface area (Å²) in [7, 11) is -3.22. The van der Waals surface area contributed by atoms with Gasteiger partial charge in [0.05, 0.1) is 11.4 Å². The predicted molar refractivity (Wildman–Crippen MR) is 76.9 cm³/mol. The maximum absolute atomic E-state index is 12.5. The normalized spacial score (nSPS) is 22.6. The minimum atomic E-state index is -3.22. The first-order valence-electron chi connectivity index (χ1n) is 6.91. The van der Waals surface area contributed by atoms with E-state index in [9.17, 15) is 8.42 Å². The first kappa shape index (κ1) is 12.9. The lowest BCUT2D eigenvalue weighted by Gasteiger charge is -2.24. The molecule has 1 N–H and O–H groups in total. The second kappa shape index (κ2) is 4.80. The van der Waals surface area contributed by atoms with Gasteiger partial charge >= 0.3 is 0 Å². The van der Waals surface area contributed by atoms with Crippen molar-refractivity contribution in [3.05, 3.63) is 29.8 Å². The van der Waals surface area contributed by atoms with Gasteiger partial charge in [-0.25, -0.2) is 8.42 Å². The number of hydrogen-bond acceptors (Lipinski definition) is 3. The minimum Gasteiger partial charge on any atom is -0.313 e. The van der Waals surface area contributed by atoms with Crippen molar-refractivity contribution in [1.82, 2.24) is 5.32 Å². The van der Waals surface area contributed by atoms with Crippen LogP contribution in [0.15, 0.2) is 24.3 Å². The Morgan fingerprint density at radius 3 is 2.79 bits per heavy atom. The molecular formula is C14H20N2O2S. The van der Waals surface area contributed by atoms with Crippen molar-refractivity contribution in [3.63, 3.8) is 0 Å². The smallest absolute Gasteiger partial charge is 0.236 e. The van der Waals surface area contributed by atoms with Crippen molar-refractivity contribution < 1.29 is 8.42 Å². The van der Waals surface area contributed by atoms with Gasteiger partial charge in [0.15, 0.2) is 0 Å². The molecular weight excluding hydrogens is 260 g/mol. The van der Waals surface area contributed by atoms with Crippen LogP contribution in [-0.4, -0.2) is 32.8 Å². The lowest BCUT2D eigenvalue weighted by atomic mass is 10.1. The lowest BCUT2D eigenvalue weighted by Crippen LogP contribution is -2.40. The van der Waals surface area contributed by atoms with Crippen LogP contribution >= 0.6 is 0 Å². The van der Waals surface area contributed by atoms with Crippen LogP contribution in [0.2, 0.25) is 0 Å². The third kappa shape index (κ3) is 2.62. The van der Waals surface area contributed by atoms with Gasteiger partial charge < -0.3 is 5.32 Å². The molecule has 0 bridgehead atoms. The number of hydrogen-bond donors (Lipinski definition) is 1. The van der Waals surface area contributed by atoms with Crippen LogP contribution in [0, 0.1) is 0 Å². The molecule has 1 atom stereocenters. The molecule has 19 heavy (non-hydrogen) atoms. The highest BCUT2D eigenvalue weighted by molar-refractivity contribution is 7.92. The molecule has 1 heterocycles. The molecule has 0 radical (unpaired) electrons. The quantitative estimate of drug-likeness (QED) is 0.889. The van der Waals surface area contributed by atoms with E-state index in [0.717, 1.165) is 17.7 Å². The molecule has 2 aliphatic rings. The van der Waals surface area contributed by atoms with E-state index in [4.69, 9.17) is 0 Å². The maximum Gasteiger partial charge on any atom is 0.236 e. The number of nitrogens with one attached hydrogen (secondary N) is 1. The zero-order chi connectivity index (χ0) is 13.5. The molecule has 0 saturated heterocycles. The van der Waals surface area contributed by atoms with Gasteiger partial charge in [0.1, 0.15) is 0 Å². The van der Waals surface area contributed by atoms with Gasteiger partial charge in [-0.2, -0.15) is 0 Å². The van der Waals surface area contributed by atoms with Gasteiger partial charge in [0.2, 0.25) is 10.0 Å². The van der Waals surface area contributed by atoms with Gasteiger partial charge in [0.25, 0.3) is 0 Å². The fourth-order valence-electron chi connectivity index (χ4n) is 2.74. The number of nitrogens with zero attached hydrogens (tertiary/aromatic N) is 1. The standard InChI is InChI=1S/C14H20N2O2S/c1-11-10-12-4-2-3-5-14(12)16(11)19(17,18)9-8-15-13-6-7-13/h2-5,11,13,15H,6-10H2,1H3. The topological polar surface area (TPSA) is 49.4 Å². The van der Waals surface area contributed by atoms with Crippen LogP contribution < -0.4 is 9.62 Å². The summed E-state index contributed by atoms with van der Waals surface area (Å²) in [4.78, 5) is 0. The molecule has 1 fully saturated rings. The average Bonchev–Trinajstić information content (AvgIpc) is 3.09. The fraction of sp³-hybridized carbons (Fsp3) is 0.571. The first-order chi connectivity index (χ1) is 9.08. The number of sulfonamides is 1. The van der Waals surface area contributed by atoms with Crippen LogP contribution in [-0.2, 0) is 16.4 Å². The zero-order valence-electron chi connectivity index (χ0n) is 11.2. The predicted octanol–water partition coefficient (Wildman–Crippen LogP) is 1.52. The van der Waals surface area contributed by atoms with Crippen LogP contribution in [0.1, 0.15) is 25.3 Å². The molecule has 0 aromatic heterocycles. The summed E-state index contributed by atoms with van der Waals surface area (Å²) in [6, 6.07) is 8.38. The molecule has 0 spiro atoms. The van der Waals surface area contributed by atoms with Gasteiger partial charge in [-0.1, -0.05) is 18.2 Å². The Morgan fingerprint density at radius 2 is 2.05 bits per heavy atom. The molecule has 3 rings (SSSR count). The van der Waals surface area contributed by atoms with Crippen LogP contribution in [0.5, 0.6) is 0 Å².